The highest BCUT2D eigenvalue weighted by Gasteiger charge is 2.26. The van der Waals surface area contributed by atoms with E-state index in [1.165, 1.54) is 18.2 Å². The molecule has 0 radical (unpaired) electrons. The monoisotopic (exact) mass is 359 g/mol. The standard InChI is InChI=1S/C19H25N3O4/c1-4-17(24)20-14-5-6-16(23)15(11-14)19(26)22-9-7-13(8-10-22)21-18(25)12(2)3/h4-6,11-13,23H,1,7-10H2,2-3H3,(H,20,24)(H,21,25). The maximum Gasteiger partial charge on any atom is 0.257 e. The normalized spacial score (nSPS) is 14.8. The zero-order valence-corrected chi connectivity index (χ0v) is 15.1. The van der Waals surface area contributed by atoms with Crippen LogP contribution >= 0.6 is 0 Å². The minimum Gasteiger partial charge on any atom is -0.507 e. The molecule has 26 heavy (non-hydrogen) atoms. The Bertz CT molecular complexity index is 707. The van der Waals surface area contributed by atoms with E-state index in [9.17, 15) is 19.5 Å². The number of amides is 3. The number of hydrogen-bond acceptors (Lipinski definition) is 4. The quantitative estimate of drug-likeness (QED) is 0.552. The van der Waals surface area contributed by atoms with Crippen LogP contribution in [0.25, 0.3) is 0 Å². The fraction of sp³-hybridized carbons (Fsp3) is 0.421. The predicted octanol–water partition coefficient (Wildman–Crippen LogP) is 1.89. The maximum atomic E-state index is 12.7. The van der Waals surface area contributed by atoms with Gasteiger partial charge in [0, 0.05) is 30.7 Å². The van der Waals surface area contributed by atoms with Crippen molar-refractivity contribution in [2.75, 3.05) is 18.4 Å². The van der Waals surface area contributed by atoms with E-state index in [-0.39, 0.29) is 35.1 Å². The summed E-state index contributed by atoms with van der Waals surface area (Å²) in [6.07, 6.45) is 2.46. The molecule has 1 saturated heterocycles. The average Bonchev–Trinajstić information content (AvgIpc) is 2.63. The Morgan fingerprint density at radius 3 is 2.50 bits per heavy atom. The van der Waals surface area contributed by atoms with E-state index in [4.69, 9.17) is 0 Å². The van der Waals surface area contributed by atoms with E-state index in [1.54, 1.807) is 4.90 Å². The molecule has 0 aromatic heterocycles. The molecule has 3 amide bonds. The Kier molecular flexibility index (Phi) is 6.38. The minimum absolute atomic E-state index is 0.0121. The largest absolute Gasteiger partial charge is 0.507 e. The van der Waals surface area contributed by atoms with Gasteiger partial charge in [-0.25, -0.2) is 0 Å². The number of carbonyl (C=O) groups excluding carboxylic acids is 3. The van der Waals surface area contributed by atoms with Crippen LogP contribution in [0.1, 0.15) is 37.0 Å². The third kappa shape index (κ3) is 4.84. The third-order valence-corrected chi connectivity index (χ3v) is 4.33. The van der Waals surface area contributed by atoms with Crippen molar-refractivity contribution in [1.29, 1.82) is 0 Å². The highest BCUT2D eigenvalue weighted by molar-refractivity contribution is 6.02. The molecule has 140 valence electrons. The number of phenolic OH excluding ortho intramolecular Hbond substituents is 1. The SMILES string of the molecule is C=CC(=O)Nc1ccc(O)c(C(=O)N2CCC(NC(=O)C(C)C)CC2)c1. The summed E-state index contributed by atoms with van der Waals surface area (Å²) in [4.78, 5) is 37.5. The summed E-state index contributed by atoms with van der Waals surface area (Å²) in [5, 5.41) is 15.6. The van der Waals surface area contributed by atoms with Gasteiger partial charge in [0.05, 0.1) is 5.56 Å². The van der Waals surface area contributed by atoms with Gasteiger partial charge in [-0.2, -0.15) is 0 Å². The number of hydrogen-bond donors (Lipinski definition) is 3. The van der Waals surface area contributed by atoms with Crippen LogP contribution in [0.4, 0.5) is 5.69 Å². The van der Waals surface area contributed by atoms with Crippen LogP contribution in [-0.2, 0) is 9.59 Å². The first-order chi connectivity index (χ1) is 12.3. The van der Waals surface area contributed by atoms with Crippen molar-refractivity contribution in [3.05, 3.63) is 36.4 Å². The fourth-order valence-electron chi connectivity index (χ4n) is 2.74. The maximum absolute atomic E-state index is 12.7. The molecule has 1 aliphatic rings. The summed E-state index contributed by atoms with van der Waals surface area (Å²) in [6.45, 7) is 8.04. The summed E-state index contributed by atoms with van der Waals surface area (Å²) < 4.78 is 0. The van der Waals surface area contributed by atoms with Crippen LogP contribution < -0.4 is 10.6 Å². The Labute approximate surface area is 153 Å². The molecule has 1 fully saturated rings. The Morgan fingerprint density at radius 1 is 1.27 bits per heavy atom. The molecule has 1 aromatic rings. The van der Waals surface area contributed by atoms with Gasteiger partial charge < -0.3 is 20.6 Å². The van der Waals surface area contributed by atoms with E-state index >= 15 is 0 Å². The zero-order valence-electron chi connectivity index (χ0n) is 15.1. The van der Waals surface area contributed by atoms with E-state index in [0.29, 0.717) is 31.6 Å². The molecule has 0 saturated carbocycles. The molecular weight excluding hydrogens is 334 g/mol. The van der Waals surface area contributed by atoms with Gasteiger partial charge in [0.25, 0.3) is 5.91 Å². The molecule has 2 rings (SSSR count). The second-order valence-corrected chi connectivity index (χ2v) is 6.66. The zero-order chi connectivity index (χ0) is 19.3. The molecule has 0 atom stereocenters. The summed E-state index contributed by atoms with van der Waals surface area (Å²) >= 11 is 0. The molecule has 7 nitrogen and oxygen atoms in total. The summed E-state index contributed by atoms with van der Waals surface area (Å²) in [7, 11) is 0. The molecule has 0 aliphatic carbocycles. The molecule has 0 unspecified atom stereocenters. The first-order valence-electron chi connectivity index (χ1n) is 8.68. The second-order valence-electron chi connectivity index (χ2n) is 6.66. The number of nitrogens with one attached hydrogen (secondary N) is 2. The number of anilines is 1. The number of benzene rings is 1. The number of nitrogens with zero attached hydrogens (tertiary/aromatic N) is 1. The van der Waals surface area contributed by atoms with Gasteiger partial charge >= 0.3 is 0 Å². The molecular formula is C19H25N3O4. The molecule has 1 heterocycles. The van der Waals surface area contributed by atoms with Crippen molar-refractivity contribution in [1.82, 2.24) is 10.2 Å². The topological polar surface area (TPSA) is 98.7 Å². The second kappa shape index (κ2) is 8.51. The summed E-state index contributed by atoms with van der Waals surface area (Å²) in [5.74, 6) is -0.887. The van der Waals surface area contributed by atoms with Crippen molar-refractivity contribution in [2.24, 2.45) is 5.92 Å². The Morgan fingerprint density at radius 2 is 1.92 bits per heavy atom. The lowest BCUT2D eigenvalue weighted by molar-refractivity contribution is -0.125. The van der Waals surface area contributed by atoms with Gasteiger partial charge in [-0.05, 0) is 37.1 Å². The van der Waals surface area contributed by atoms with E-state index in [0.717, 1.165) is 6.08 Å². The van der Waals surface area contributed by atoms with Crippen LogP contribution in [0.5, 0.6) is 5.75 Å². The van der Waals surface area contributed by atoms with E-state index in [1.807, 2.05) is 13.8 Å². The van der Waals surface area contributed by atoms with Gasteiger partial charge in [-0.1, -0.05) is 20.4 Å². The first kappa shape index (κ1) is 19.5. The van der Waals surface area contributed by atoms with Gasteiger partial charge in [0.2, 0.25) is 11.8 Å². The number of likely N-dealkylation sites (tertiary alicyclic amines) is 1. The number of rotatable bonds is 5. The van der Waals surface area contributed by atoms with Crippen molar-refractivity contribution in [2.45, 2.75) is 32.7 Å². The predicted molar refractivity (Wildman–Crippen MR) is 98.8 cm³/mol. The first-order valence-corrected chi connectivity index (χ1v) is 8.68. The van der Waals surface area contributed by atoms with Crippen molar-refractivity contribution in [3.8, 4) is 5.75 Å². The number of phenols is 1. The molecule has 1 aliphatic heterocycles. The molecule has 1 aromatic carbocycles. The van der Waals surface area contributed by atoms with Gasteiger partial charge in [0.1, 0.15) is 5.75 Å². The van der Waals surface area contributed by atoms with Crippen molar-refractivity contribution < 1.29 is 19.5 Å². The van der Waals surface area contributed by atoms with Crippen LogP contribution in [0, 0.1) is 5.92 Å². The Hall–Kier alpha value is -2.83. The molecule has 0 bridgehead atoms. The molecule has 0 spiro atoms. The van der Waals surface area contributed by atoms with Gasteiger partial charge in [-0.3, -0.25) is 14.4 Å². The highest BCUT2D eigenvalue weighted by atomic mass is 16.3. The van der Waals surface area contributed by atoms with E-state index in [2.05, 4.69) is 17.2 Å². The fourth-order valence-corrected chi connectivity index (χ4v) is 2.74. The number of aromatic hydroxyl groups is 1. The number of carbonyl (C=O) groups is 3. The highest BCUT2D eigenvalue weighted by Crippen LogP contribution is 2.24. The number of piperidine rings is 1. The average molecular weight is 359 g/mol. The lowest BCUT2D eigenvalue weighted by Gasteiger charge is -2.33. The van der Waals surface area contributed by atoms with Crippen LogP contribution in [-0.4, -0.2) is 46.9 Å². The molecule has 7 heteroatoms. The van der Waals surface area contributed by atoms with Gasteiger partial charge in [0.15, 0.2) is 0 Å². The van der Waals surface area contributed by atoms with Crippen LogP contribution in [0.2, 0.25) is 0 Å². The lowest BCUT2D eigenvalue weighted by Crippen LogP contribution is -2.47. The summed E-state index contributed by atoms with van der Waals surface area (Å²) in [5.41, 5.74) is 0.548. The lowest BCUT2D eigenvalue weighted by atomic mass is 10.0. The Balaban J connectivity index is 2.01. The smallest absolute Gasteiger partial charge is 0.257 e. The van der Waals surface area contributed by atoms with Crippen LogP contribution in [0.15, 0.2) is 30.9 Å². The van der Waals surface area contributed by atoms with E-state index < -0.39 is 5.91 Å². The van der Waals surface area contributed by atoms with Crippen molar-refractivity contribution >= 4 is 23.4 Å². The van der Waals surface area contributed by atoms with Crippen molar-refractivity contribution in [3.63, 3.8) is 0 Å². The molecule has 3 N–H and O–H groups in total. The van der Waals surface area contributed by atoms with Gasteiger partial charge in [-0.15, -0.1) is 0 Å². The van der Waals surface area contributed by atoms with Crippen LogP contribution in [0.3, 0.4) is 0 Å². The third-order valence-electron chi connectivity index (χ3n) is 4.33. The minimum atomic E-state index is -0.393. The summed E-state index contributed by atoms with van der Waals surface area (Å²) in [6, 6.07) is 4.40.